The van der Waals surface area contributed by atoms with Crippen LogP contribution in [0.5, 0.6) is 5.75 Å². The van der Waals surface area contributed by atoms with E-state index in [1.54, 1.807) is 26.2 Å². The minimum Gasteiger partial charge on any atom is -0.508 e. The van der Waals surface area contributed by atoms with Crippen molar-refractivity contribution in [2.75, 3.05) is 20.3 Å². The van der Waals surface area contributed by atoms with Crippen LogP contribution in [0.3, 0.4) is 0 Å². The zero-order valence-electron chi connectivity index (χ0n) is 13.3. The molecule has 1 aliphatic heterocycles. The summed E-state index contributed by atoms with van der Waals surface area (Å²) in [7, 11) is 1.57. The number of hydrogen-bond donors (Lipinski definition) is 2. The lowest BCUT2D eigenvalue weighted by atomic mass is 9.95. The third-order valence-corrected chi connectivity index (χ3v) is 3.88. The molecule has 124 valence electrons. The number of aliphatic hydroxyl groups is 1. The number of hydrogen-bond acceptors (Lipinski definition) is 5. The molecular weight excluding hydrogens is 298 g/mol. The van der Waals surface area contributed by atoms with Crippen LogP contribution in [0.1, 0.15) is 31.4 Å². The quantitative estimate of drug-likeness (QED) is 0.752. The normalized spacial score (nSPS) is 17.9. The SMILES string of the molecule is CCC(=O)C1=C(O)C(=O)N(CCCOC)C1c1ccc(O)cc1. The molecule has 1 aromatic carbocycles. The largest absolute Gasteiger partial charge is 0.508 e. The molecule has 0 aliphatic carbocycles. The summed E-state index contributed by atoms with van der Waals surface area (Å²) in [6.07, 6.45) is 0.796. The summed E-state index contributed by atoms with van der Waals surface area (Å²) in [5.74, 6) is -1.19. The molecule has 0 bridgehead atoms. The molecule has 2 N–H and O–H groups in total. The van der Waals surface area contributed by atoms with Crippen molar-refractivity contribution in [3.05, 3.63) is 41.2 Å². The number of phenolic OH excluding ortho intramolecular Hbond substituents is 1. The Morgan fingerprint density at radius 2 is 1.91 bits per heavy atom. The number of rotatable bonds is 7. The van der Waals surface area contributed by atoms with E-state index < -0.39 is 17.7 Å². The maximum absolute atomic E-state index is 12.4. The highest BCUT2D eigenvalue weighted by Crippen LogP contribution is 2.38. The summed E-state index contributed by atoms with van der Waals surface area (Å²) >= 11 is 0. The van der Waals surface area contributed by atoms with Crippen molar-refractivity contribution in [2.24, 2.45) is 0 Å². The number of amides is 1. The van der Waals surface area contributed by atoms with Gasteiger partial charge in [0.25, 0.3) is 5.91 Å². The predicted molar refractivity (Wildman–Crippen MR) is 84.0 cm³/mol. The molecular formula is C17H21NO5. The van der Waals surface area contributed by atoms with Crippen molar-refractivity contribution in [1.82, 2.24) is 4.90 Å². The number of carbonyl (C=O) groups excluding carboxylic acids is 2. The first-order valence-corrected chi connectivity index (χ1v) is 7.56. The number of ether oxygens (including phenoxy) is 1. The van der Waals surface area contributed by atoms with E-state index in [0.717, 1.165) is 0 Å². The van der Waals surface area contributed by atoms with E-state index in [1.165, 1.54) is 17.0 Å². The second kappa shape index (κ2) is 7.28. The van der Waals surface area contributed by atoms with Crippen LogP contribution in [0.4, 0.5) is 0 Å². The molecule has 0 saturated heterocycles. The van der Waals surface area contributed by atoms with Crippen molar-refractivity contribution < 1.29 is 24.5 Å². The summed E-state index contributed by atoms with van der Waals surface area (Å²) in [4.78, 5) is 26.1. The molecule has 6 nitrogen and oxygen atoms in total. The molecule has 1 amide bonds. The lowest BCUT2D eigenvalue weighted by molar-refractivity contribution is -0.129. The van der Waals surface area contributed by atoms with Crippen LogP contribution in [0.25, 0.3) is 0 Å². The Bertz CT molecular complexity index is 620. The highest BCUT2D eigenvalue weighted by molar-refractivity contribution is 6.08. The van der Waals surface area contributed by atoms with Crippen LogP contribution in [0.2, 0.25) is 0 Å². The Hall–Kier alpha value is -2.34. The first-order chi connectivity index (χ1) is 11.0. The Labute approximate surface area is 135 Å². The van der Waals surface area contributed by atoms with E-state index in [9.17, 15) is 19.8 Å². The molecule has 1 aliphatic rings. The number of Topliss-reactive ketones (excluding diaryl/α,β-unsaturated/α-hetero) is 1. The molecule has 1 unspecified atom stereocenters. The Kier molecular flexibility index (Phi) is 5.39. The molecule has 0 fully saturated rings. The highest BCUT2D eigenvalue weighted by atomic mass is 16.5. The molecule has 0 saturated carbocycles. The zero-order chi connectivity index (χ0) is 17.0. The van der Waals surface area contributed by atoms with Crippen molar-refractivity contribution in [1.29, 1.82) is 0 Å². The van der Waals surface area contributed by atoms with Gasteiger partial charge in [0.05, 0.1) is 11.6 Å². The summed E-state index contributed by atoms with van der Waals surface area (Å²) in [5.41, 5.74) is 0.801. The highest BCUT2D eigenvalue weighted by Gasteiger charge is 2.42. The fourth-order valence-corrected chi connectivity index (χ4v) is 2.74. The molecule has 0 spiro atoms. The average molecular weight is 319 g/mol. The van der Waals surface area contributed by atoms with E-state index in [2.05, 4.69) is 0 Å². The van der Waals surface area contributed by atoms with E-state index in [0.29, 0.717) is 25.1 Å². The average Bonchev–Trinajstić information content (AvgIpc) is 2.80. The monoisotopic (exact) mass is 319 g/mol. The zero-order valence-corrected chi connectivity index (χ0v) is 13.3. The van der Waals surface area contributed by atoms with Gasteiger partial charge in [-0.2, -0.15) is 0 Å². The van der Waals surface area contributed by atoms with Gasteiger partial charge in [0.2, 0.25) is 0 Å². The van der Waals surface area contributed by atoms with Gasteiger partial charge in [-0.15, -0.1) is 0 Å². The number of aliphatic hydroxyl groups excluding tert-OH is 1. The summed E-state index contributed by atoms with van der Waals surface area (Å²) in [5, 5.41) is 19.6. The molecule has 1 atom stereocenters. The number of aromatic hydroxyl groups is 1. The van der Waals surface area contributed by atoms with E-state index in [-0.39, 0.29) is 23.5 Å². The third-order valence-electron chi connectivity index (χ3n) is 3.88. The second-order valence-electron chi connectivity index (χ2n) is 5.38. The number of benzene rings is 1. The van der Waals surface area contributed by atoms with Crippen molar-refractivity contribution in [2.45, 2.75) is 25.8 Å². The summed E-state index contributed by atoms with van der Waals surface area (Å²) < 4.78 is 5.00. The van der Waals surface area contributed by atoms with Crippen molar-refractivity contribution in [3.63, 3.8) is 0 Å². The molecule has 2 rings (SSSR count). The second-order valence-corrected chi connectivity index (χ2v) is 5.38. The summed E-state index contributed by atoms with van der Waals surface area (Å²) in [6, 6.07) is 5.66. The molecule has 6 heteroatoms. The van der Waals surface area contributed by atoms with Gasteiger partial charge < -0.3 is 19.8 Å². The molecule has 0 radical (unpaired) electrons. The van der Waals surface area contributed by atoms with Crippen LogP contribution in [0, 0.1) is 0 Å². The maximum Gasteiger partial charge on any atom is 0.290 e. The van der Waals surface area contributed by atoms with Crippen molar-refractivity contribution >= 4 is 11.7 Å². The van der Waals surface area contributed by atoms with Gasteiger partial charge in [0.1, 0.15) is 5.75 Å². The number of ketones is 1. The van der Waals surface area contributed by atoms with Crippen LogP contribution < -0.4 is 0 Å². The van der Waals surface area contributed by atoms with E-state index in [1.807, 2.05) is 0 Å². The van der Waals surface area contributed by atoms with E-state index >= 15 is 0 Å². The van der Waals surface area contributed by atoms with E-state index in [4.69, 9.17) is 4.74 Å². The first kappa shape index (κ1) is 17.0. The van der Waals surface area contributed by atoms with Gasteiger partial charge in [-0.25, -0.2) is 0 Å². The van der Waals surface area contributed by atoms with Crippen molar-refractivity contribution in [3.8, 4) is 5.75 Å². The van der Waals surface area contributed by atoms with Gasteiger partial charge in [-0.1, -0.05) is 19.1 Å². The predicted octanol–water partition coefficient (Wildman–Crippen LogP) is 2.10. The smallest absolute Gasteiger partial charge is 0.290 e. The summed E-state index contributed by atoms with van der Waals surface area (Å²) in [6.45, 7) is 2.53. The van der Waals surface area contributed by atoms with Crippen LogP contribution in [-0.4, -0.2) is 47.1 Å². The number of phenols is 1. The number of carbonyl (C=O) groups is 2. The Balaban J connectivity index is 2.41. The van der Waals surface area contributed by atoms with Gasteiger partial charge in [-0.05, 0) is 24.1 Å². The van der Waals surface area contributed by atoms with Gasteiger partial charge in [-0.3, -0.25) is 9.59 Å². The number of nitrogens with zero attached hydrogens (tertiary/aromatic N) is 1. The van der Waals surface area contributed by atoms with Gasteiger partial charge >= 0.3 is 0 Å². The third kappa shape index (κ3) is 3.37. The first-order valence-electron chi connectivity index (χ1n) is 7.56. The topological polar surface area (TPSA) is 87.1 Å². The maximum atomic E-state index is 12.4. The molecule has 0 aromatic heterocycles. The lowest BCUT2D eigenvalue weighted by Gasteiger charge is -2.26. The molecule has 23 heavy (non-hydrogen) atoms. The Morgan fingerprint density at radius 3 is 2.48 bits per heavy atom. The Morgan fingerprint density at radius 1 is 1.26 bits per heavy atom. The van der Waals surface area contributed by atoms with Crippen LogP contribution in [0.15, 0.2) is 35.6 Å². The van der Waals surface area contributed by atoms with Crippen LogP contribution >= 0.6 is 0 Å². The van der Waals surface area contributed by atoms with Gasteiger partial charge in [0, 0.05) is 26.7 Å². The molecule has 1 heterocycles. The molecule has 1 aromatic rings. The fraction of sp³-hybridized carbons (Fsp3) is 0.412. The fourth-order valence-electron chi connectivity index (χ4n) is 2.74. The minimum atomic E-state index is -0.632. The van der Waals surface area contributed by atoms with Gasteiger partial charge in [0.15, 0.2) is 11.5 Å². The number of methoxy groups -OCH3 is 1. The standard InChI is InChI=1S/C17H21NO5/c1-3-13(20)14-15(11-5-7-12(19)8-6-11)18(9-4-10-23-2)17(22)16(14)21/h5-8,15,19,21H,3-4,9-10H2,1-2H3. The minimum absolute atomic E-state index is 0.0978. The lowest BCUT2D eigenvalue weighted by Crippen LogP contribution is -2.32. The van der Waals surface area contributed by atoms with Crippen LogP contribution in [-0.2, 0) is 14.3 Å².